The molecule has 0 heterocycles. The molecule has 0 aliphatic carbocycles. The predicted molar refractivity (Wildman–Crippen MR) is 278 cm³/mol. The van der Waals surface area contributed by atoms with Crippen LogP contribution in [-0.2, 0) is 0 Å². The Bertz CT molecular complexity index is 3060. The van der Waals surface area contributed by atoms with E-state index in [0.717, 1.165) is 11.4 Å². The van der Waals surface area contributed by atoms with E-state index in [2.05, 4.69) is 247 Å². The lowest BCUT2D eigenvalue weighted by molar-refractivity contribution is 0.875. The van der Waals surface area contributed by atoms with Crippen LogP contribution < -0.4 is 9.80 Å². The van der Waals surface area contributed by atoms with E-state index in [1.54, 1.807) is 0 Å². The lowest BCUT2D eigenvalue weighted by Crippen LogP contribution is -2.14. The topological polar surface area (TPSA) is 6.48 Å². The molecule has 10 aromatic rings. The van der Waals surface area contributed by atoms with Crippen molar-refractivity contribution in [1.29, 1.82) is 0 Å². The first-order valence-electron chi connectivity index (χ1n) is 22.9. The van der Waals surface area contributed by atoms with Crippen LogP contribution in [0.25, 0.3) is 54.6 Å². The number of hydrogen-bond acceptors (Lipinski definition) is 2. The molecule has 0 aliphatic rings. The highest BCUT2D eigenvalue weighted by molar-refractivity contribution is 6.29. The molecule has 0 atom stereocenters. The summed E-state index contributed by atoms with van der Waals surface area (Å²) in [6.45, 7) is 18.2. The van der Waals surface area contributed by atoms with Gasteiger partial charge in [0.2, 0.25) is 0 Å². The molecule has 10 rings (SSSR count). The van der Waals surface area contributed by atoms with Gasteiger partial charge >= 0.3 is 0 Å². The van der Waals surface area contributed by atoms with Crippen molar-refractivity contribution in [2.24, 2.45) is 0 Å². The largest absolute Gasteiger partial charge is 0.310 e. The van der Waals surface area contributed by atoms with Gasteiger partial charge in [0.1, 0.15) is 0 Å². The monoisotopic (exact) mass is 828 g/mol. The van der Waals surface area contributed by atoms with Gasteiger partial charge in [-0.15, -0.1) is 0 Å². The van der Waals surface area contributed by atoms with Crippen LogP contribution in [0.5, 0.6) is 0 Å². The Kier molecular flexibility index (Phi) is 10.6. The summed E-state index contributed by atoms with van der Waals surface area (Å²) in [5.74, 6) is 0.580. The predicted octanol–water partition coefficient (Wildman–Crippen LogP) is 18.3. The van der Waals surface area contributed by atoms with Crippen LogP contribution in [0, 0.1) is 27.7 Å². The molecular weight excluding hydrogens is 773 g/mol. The van der Waals surface area contributed by atoms with Gasteiger partial charge in [-0.1, -0.05) is 172 Å². The molecule has 0 radical (unpaired) electrons. The molecule has 0 spiro atoms. The zero-order valence-corrected chi connectivity index (χ0v) is 38.4. The third-order valence-electron chi connectivity index (χ3n) is 13.3. The van der Waals surface area contributed by atoms with Crippen molar-refractivity contribution in [3.63, 3.8) is 0 Å². The van der Waals surface area contributed by atoms with E-state index in [1.807, 2.05) is 0 Å². The van der Waals surface area contributed by atoms with Gasteiger partial charge in [0.25, 0.3) is 0 Å². The summed E-state index contributed by atoms with van der Waals surface area (Å²) in [5, 5.41) is 7.79. The molecule has 0 N–H and O–H groups in total. The lowest BCUT2D eigenvalue weighted by atomic mass is 9.84. The molecule has 0 bridgehead atoms. The van der Waals surface area contributed by atoms with E-state index in [0.29, 0.717) is 0 Å². The molecule has 0 amide bonds. The van der Waals surface area contributed by atoms with E-state index < -0.39 is 0 Å². The minimum absolute atomic E-state index is 0.290. The maximum absolute atomic E-state index is 2.52. The zero-order chi connectivity index (χ0) is 44.2. The second kappa shape index (κ2) is 16.5. The number of nitrogens with zero attached hydrogens (tertiary/aromatic N) is 2. The van der Waals surface area contributed by atoms with Crippen LogP contribution >= 0.6 is 0 Å². The molecular formula is C62H56N2. The van der Waals surface area contributed by atoms with Crippen LogP contribution in [0.3, 0.4) is 0 Å². The van der Waals surface area contributed by atoms with Crippen LogP contribution in [0.2, 0.25) is 0 Å². The quantitative estimate of drug-likeness (QED) is 0.127. The first-order valence-corrected chi connectivity index (χ1v) is 22.9. The molecule has 0 fully saturated rings. The summed E-state index contributed by atoms with van der Waals surface area (Å²) in [6.07, 6.45) is 0. The fraction of sp³-hybridized carbons (Fsp3) is 0.161. The molecule has 0 aliphatic heterocycles. The maximum Gasteiger partial charge on any atom is 0.0543 e. The molecule has 10 aromatic carbocycles. The first-order chi connectivity index (χ1) is 31.0. The highest BCUT2D eigenvalue weighted by Gasteiger charge is 2.27. The van der Waals surface area contributed by atoms with Gasteiger partial charge in [0, 0.05) is 33.5 Å². The normalized spacial score (nSPS) is 11.7. The minimum atomic E-state index is 0.290. The molecule has 0 saturated carbocycles. The van der Waals surface area contributed by atoms with Crippen molar-refractivity contribution in [2.75, 3.05) is 9.80 Å². The van der Waals surface area contributed by atoms with E-state index in [-0.39, 0.29) is 11.8 Å². The van der Waals surface area contributed by atoms with Crippen molar-refractivity contribution in [1.82, 2.24) is 0 Å². The zero-order valence-electron chi connectivity index (χ0n) is 38.4. The standard InChI is InChI=1S/C62H56N2/c1-39(2)55-37-59(63(49-15-11-9-12-16-49)57-35-47(29-23-43(57)7)45-25-19-41(5)20-26-45)53-34-32-52-56(40(3)4)38-60(54-33-31-51(55)61(53)62(52)54)64(50-17-13-10-14-18-50)58-36-48(30-24-44(58)8)46-27-21-42(6)22-28-46/h9-40H,1-8H3. The minimum Gasteiger partial charge on any atom is -0.310 e. The molecule has 314 valence electrons. The van der Waals surface area contributed by atoms with Crippen LogP contribution in [0.1, 0.15) is 72.9 Å². The van der Waals surface area contributed by atoms with E-state index >= 15 is 0 Å². The molecule has 2 heteroatoms. The maximum atomic E-state index is 2.52. The average molecular weight is 829 g/mol. The number of para-hydroxylation sites is 2. The Morgan fingerprint density at radius 3 is 1.02 bits per heavy atom. The van der Waals surface area contributed by atoms with Gasteiger partial charge in [-0.3, -0.25) is 0 Å². The second-order valence-electron chi connectivity index (χ2n) is 18.4. The SMILES string of the molecule is Cc1ccc(-c2ccc(C)c(N(c3ccccc3)c3cc(C(C)C)c4ccc5c(N(c6ccccc6)c6cc(-c7ccc(C)cc7)ccc6C)cc(C(C)C)c6ccc3c4c65)c2)cc1. The molecule has 0 aromatic heterocycles. The first kappa shape index (κ1) is 40.9. The van der Waals surface area contributed by atoms with Gasteiger partial charge < -0.3 is 9.80 Å². The smallest absolute Gasteiger partial charge is 0.0543 e. The van der Waals surface area contributed by atoms with Crippen molar-refractivity contribution >= 4 is 66.4 Å². The summed E-state index contributed by atoms with van der Waals surface area (Å²) in [6, 6.07) is 68.2. The van der Waals surface area contributed by atoms with Gasteiger partial charge in [0.15, 0.2) is 0 Å². The highest BCUT2D eigenvalue weighted by atomic mass is 15.2. The number of hydrogen-bond donors (Lipinski definition) is 0. The van der Waals surface area contributed by atoms with Gasteiger partial charge in [-0.25, -0.2) is 0 Å². The summed E-state index contributed by atoms with van der Waals surface area (Å²) in [5.41, 5.74) is 19.5. The van der Waals surface area contributed by atoms with E-state index in [4.69, 9.17) is 0 Å². The number of benzene rings is 10. The molecule has 64 heavy (non-hydrogen) atoms. The summed E-state index contributed by atoms with van der Waals surface area (Å²) in [4.78, 5) is 5.04. The number of aryl methyl sites for hydroxylation is 4. The number of anilines is 6. The fourth-order valence-electron chi connectivity index (χ4n) is 9.86. The second-order valence-corrected chi connectivity index (χ2v) is 18.4. The van der Waals surface area contributed by atoms with Crippen molar-refractivity contribution in [3.05, 3.63) is 215 Å². The van der Waals surface area contributed by atoms with Crippen molar-refractivity contribution < 1.29 is 0 Å². The Morgan fingerprint density at radius 1 is 0.312 bits per heavy atom. The summed E-state index contributed by atoms with van der Waals surface area (Å²) < 4.78 is 0. The molecule has 0 saturated heterocycles. The third-order valence-corrected chi connectivity index (χ3v) is 13.3. The van der Waals surface area contributed by atoms with Crippen LogP contribution in [-0.4, -0.2) is 0 Å². The summed E-state index contributed by atoms with van der Waals surface area (Å²) in [7, 11) is 0. The summed E-state index contributed by atoms with van der Waals surface area (Å²) >= 11 is 0. The Balaban J connectivity index is 1.29. The van der Waals surface area contributed by atoms with Crippen LogP contribution in [0.15, 0.2) is 182 Å². The molecule has 2 nitrogen and oxygen atoms in total. The third kappa shape index (κ3) is 7.18. The molecule has 0 unspecified atom stereocenters. The van der Waals surface area contributed by atoms with E-state index in [9.17, 15) is 0 Å². The Morgan fingerprint density at radius 2 is 0.656 bits per heavy atom. The Hall–Kier alpha value is -7.16. The lowest BCUT2D eigenvalue weighted by Gasteiger charge is -2.32. The average Bonchev–Trinajstić information content (AvgIpc) is 3.31. The highest BCUT2D eigenvalue weighted by Crippen LogP contribution is 2.52. The van der Waals surface area contributed by atoms with Crippen molar-refractivity contribution in [3.8, 4) is 22.3 Å². The van der Waals surface area contributed by atoms with Gasteiger partial charge in [-0.2, -0.15) is 0 Å². The number of rotatable bonds is 10. The van der Waals surface area contributed by atoms with Crippen LogP contribution in [0.4, 0.5) is 34.1 Å². The van der Waals surface area contributed by atoms with Gasteiger partial charge in [0.05, 0.1) is 11.4 Å². The van der Waals surface area contributed by atoms with Crippen molar-refractivity contribution in [2.45, 2.75) is 67.2 Å². The van der Waals surface area contributed by atoms with E-state index in [1.165, 1.54) is 111 Å². The fourth-order valence-corrected chi connectivity index (χ4v) is 9.86. The Labute approximate surface area is 379 Å². The van der Waals surface area contributed by atoms with Gasteiger partial charge in [-0.05, 0) is 154 Å².